The second kappa shape index (κ2) is 9.71. The van der Waals surface area contributed by atoms with Crippen LogP contribution < -0.4 is 10.3 Å². The van der Waals surface area contributed by atoms with Crippen molar-refractivity contribution in [3.8, 4) is 22.9 Å². The van der Waals surface area contributed by atoms with Crippen LogP contribution in [0.3, 0.4) is 0 Å². The van der Waals surface area contributed by atoms with E-state index in [2.05, 4.69) is 9.72 Å². The van der Waals surface area contributed by atoms with Crippen molar-refractivity contribution in [2.75, 3.05) is 0 Å². The molecule has 2 heterocycles. The highest BCUT2D eigenvalue weighted by Gasteiger charge is 2.17. The number of oxazole rings is 1. The maximum absolute atomic E-state index is 13.4. The van der Waals surface area contributed by atoms with E-state index in [4.69, 9.17) is 9.40 Å². The molecule has 5 rings (SSSR count). The van der Waals surface area contributed by atoms with Crippen LogP contribution in [0.15, 0.2) is 93.2 Å². The quantitative estimate of drug-likeness (QED) is 0.198. The van der Waals surface area contributed by atoms with Crippen LogP contribution in [0.25, 0.3) is 28.0 Å². The number of rotatable bonds is 7. The molecule has 0 aliphatic heterocycles. The smallest absolute Gasteiger partial charge is 0.387 e. The Morgan fingerprint density at radius 2 is 1.69 bits per heavy atom. The number of fused-ring (bicyclic) bond motifs is 1. The minimum Gasteiger partial charge on any atom is -0.441 e. The number of hydrogen-bond donors (Lipinski definition) is 0. The molecule has 35 heavy (non-hydrogen) atoms. The molecule has 9 heteroatoms. The lowest BCUT2D eigenvalue weighted by atomic mass is 10.2. The van der Waals surface area contributed by atoms with Crippen LogP contribution in [0, 0.1) is 6.92 Å². The molecule has 0 radical (unpaired) electrons. The predicted molar refractivity (Wildman–Crippen MR) is 130 cm³/mol. The average molecular weight is 492 g/mol. The first-order valence-electron chi connectivity index (χ1n) is 10.7. The van der Waals surface area contributed by atoms with Gasteiger partial charge < -0.3 is 9.15 Å². The van der Waals surface area contributed by atoms with Crippen LogP contribution in [-0.2, 0) is 5.75 Å². The summed E-state index contributed by atoms with van der Waals surface area (Å²) in [5.41, 5.74) is 2.40. The highest BCUT2D eigenvalue weighted by Crippen LogP contribution is 2.29. The molecule has 0 unspecified atom stereocenters. The Balaban J connectivity index is 1.51. The van der Waals surface area contributed by atoms with Gasteiger partial charge >= 0.3 is 6.61 Å². The number of alkyl halides is 2. The molecule has 0 amide bonds. The Morgan fingerprint density at radius 3 is 2.43 bits per heavy atom. The van der Waals surface area contributed by atoms with Crippen LogP contribution in [-0.4, -0.2) is 21.1 Å². The molecular weight excluding hydrogens is 472 g/mol. The SMILES string of the molecule is Cc1oc(-c2ccccc2)nc1CSc1nc2ccccc2c(=O)n1-c1ccc(OC(F)F)cc1. The summed E-state index contributed by atoms with van der Waals surface area (Å²) in [5.74, 6) is 1.63. The fraction of sp³-hybridized carbons (Fsp3) is 0.115. The van der Waals surface area contributed by atoms with Gasteiger partial charge in [-0.2, -0.15) is 8.78 Å². The third-order valence-electron chi connectivity index (χ3n) is 5.32. The Bertz CT molecular complexity index is 1530. The van der Waals surface area contributed by atoms with Gasteiger partial charge in [-0.15, -0.1) is 0 Å². The summed E-state index contributed by atoms with van der Waals surface area (Å²) >= 11 is 1.34. The standard InChI is InChI=1S/C26H19F2N3O3S/c1-16-22(29-23(33-16)17-7-3-2-4-8-17)15-35-26-30-21-10-6-5-9-20(21)24(32)31(26)18-11-13-19(14-12-18)34-25(27)28/h2-14,25H,15H2,1H3. The fourth-order valence-electron chi connectivity index (χ4n) is 3.61. The highest BCUT2D eigenvalue weighted by atomic mass is 32.2. The summed E-state index contributed by atoms with van der Waals surface area (Å²) in [7, 11) is 0. The summed E-state index contributed by atoms with van der Waals surface area (Å²) in [6.45, 7) is -1.08. The Morgan fingerprint density at radius 1 is 0.971 bits per heavy atom. The second-order valence-electron chi connectivity index (χ2n) is 7.60. The van der Waals surface area contributed by atoms with Gasteiger partial charge in [0, 0.05) is 11.3 Å². The van der Waals surface area contributed by atoms with E-state index in [9.17, 15) is 13.6 Å². The van der Waals surface area contributed by atoms with Gasteiger partial charge in [0.05, 0.1) is 22.3 Å². The molecule has 0 saturated heterocycles. The Kier molecular flexibility index (Phi) is 6.33. The number of benzene rings is 3. The summed E-state index contributed by atoms with van der Waals surface area (Å²) in [5, 5.41) is 0.897. The van der Waals surface area contributed by atoms with Crippen LogP contribution in [0.5, 0.6) is 5.75 Å². The molecule has 0 saturated carbocycles. The Labute approximate surface area is 203 Å². The van der Waals surface area contributed by atoms with Crippen LogP contribution in [0.2, 0.25) is 0 Å². The molecule has 0 spiro atoms. The fourth-order valence-corrected chi connectivity index (χ4v) is 4.63. The van der Waals surface area contributed by atoms with Crippen molar-refractivity contribution in [3.05, 3.63) is 101 Å². The second-order valence-corrected chi connectivity index (χ2v) is 8.54. The lowest BCUT2D eigenvalue weighted by Gasteiger charge is -2.13. The molecule has 5 aromatic rings. The van der Waals surface area contributed by atoms with Gasteiger partial charge in [0.1, 0.15) is 11.5 Å². The zero-order chi connectivity index (χ0) is 24.4. The zero-order valence-electron chi connectivity index (χ0n) is 18.5. The van der Waals surface area contributed by atoms with E-state index < -0.39 is 6.61 Å². The number of ether oxygens (including phenoxy) is 1. The van der Waals surface area contributed by atoms with Crippen molar-refractivity contribution in [1.29, 1.82) is 0 Å². The number of nitrogens with zero attached hydrogens (tertiary/aromatic N) is 3. The minimum absolute atomic E-state index is 0.00594. The molecule has 0 fully saturated rings. The summed E-state index contributed by atoms with van der Waals surface area (Å²) in [4.78, 5) is 22.7. The van der Waals surface area contributed by atoms with E-state index in [-0.39, 0.29) is 11.3 Å². The molecule has 0 aliphatic carbocycles. The van der Waals surface area contributed by atoms with Crippen molar-refractivity contribution < 1.29 is 17.9 Å². The van der Waals surface area contributed by atoms with Gasteiger partial charge in [-0.1, -0.05) is 42.1 Å². The van der Waals surface area contributed by atoms with Crippen LogP contribution >= 0.6 is 11.8 Å². The number of thioether (sulfide) groups is 1. The number of aryl methyl sites for hydroxylation is 1. The topological polar surface area (TPSA) is 70.2 Å². The summed E-state index contributed by atoms with van der Waals surface area (Å²) in [6, 6.07) is 22.6. The normalized spacial score (nSPS) is 11.3. The minimum atomic E-state index is -2.93. The first-order chi connectivity index (χ1) is 17.0. The third kappa shape index (κ3) is 4.81. The summed E-state index contributed by atoms with van der Waals surface area (Å²) in [6.07, 6.45) is 0. The van der Waals surface area contributed by atoms with E-state index in [1.807, 2.05) is 43.3 Å². The molecular formula is C26H19F2N3O3S. The van der Waals surface area contributed by atoms with Crippen molar-refractivity contribution >= 4 is 22.7 Å². The zero-order valence-corrected chi connectivity index (χ0v) is 19.3. The lowest BCUT2D eigenvalue weighted by molar-refractivity contribution is -0.0498. The van der Waals surface area contributed by atoms with Crippen LogP contribution in [0.4, 0.5) is 8.78 Å². The predicted octanol–water partition coefficient (Wildman–Crippen LogP) is 6.24. The molecule has 0 atom stereocenters. The molecule has 0 N–H and O–H groups in total. The third-order valence-corrected chi connectivity index (χ3v) is 6.27. The van der Waals surface area contributed by atoms with E-state index >= 15 is 0 Å². The van der Waals surface area contributed by atoms with Gasteiger partial charge in [-0.25, -0.2) is 9.97 Å². The van der Waals surface area contributed by atoms with Gasteiger partial charge in [-0.3, -0.25) is 9.36 Å². The van der Waals surface area contributed by atoms with Crippen LogP contribution in [0.1, 0.15) is 11.5 Å². The highest BCUT2D eigenvalue weighted by molar-refractivity contribution is 7.98. The van der Waals surface area contributed by atoms with E-state index in [0.29, 0.717) is 39.2 Å². The average Bonchev–Trinajstić information content (AvgIpc) is 3.24. The number of halogens is 2. The summed E-state index contributed by atoms with van der Waals surface area (Å²) < 4.78 is 36.8. The number of hydrogen-bond acceptors (Lipinski definition) is 6. The number of para-hydroxylation sites is 1. The van der Waals surface area contributed by atoms with Crippen molar-refractivity contribution in [3.63, 3.8) is 0 Å². The monoisotopic (exact) mass is 491 g/mol. The largest absolute Gasteiger partial charge is 0.441 e. The van der Waals surface area contributed by atoms with Gasteiger partial charge in [0.2, 0.25) is 5.89 Å². The van der Waals surface area contributed by atoms with Gasteiger partial charge in [-0.05, 0) is 55.5 Å². The van der Waals surface area contributed by atoms with E-state index in [1.54, 1.807) is 30.3 Å². The molecule has 0 bridgehead atoms. The van der Waals surface area contributed by atoms with Gasteiger partial charge in [0.15, 0.2) is 5.16 Å². The first-order valence-corrected chi connectivity index (χ1v) is 11.7. The van der Waals surface area contributed by atoms with E-state index in [0.717, 1.165) is 11.3 Å². The molecule has 0 aliphatic rings. The van der Waals surface area contributed by atoms with Gasteiger partial charge in [0.25, 0.3) is 5.56 Å². The van der Waals surface area contributed by atoms with Crippen molar-refractivity contribution in [1.82, 2.24) is 14.5 Å². The lowest BCUT2D eigenvalue weighted by Crippen LogP contribution is -2.21. The van der Waals surface area contributed by atoms with Crippen molar-refractivity contribution in [2.24, 2.45) is 0 Å². The maximum atomic E-state index is 13.4. The molecule has 2 aromatic heterocycles. The first kappa shape index (κ1) is 22.8. The maximum Gasteiger partial charge on any atom is 0.387 e. The van der Waals surface area contributed by atoms with E-state index in [1.165, 1.54) is 28.5 Å². The molecule has 176 valence electrons. The molecule has 6 nitrogen and oxygen atoms in total. The van der Waals surface area contributed by atoms with Crippen molar-refractivity contribution in [2.45, 2.75) is 24.4 Å². The molecule has 3 aromatic carbocycles. The number of aromatic nitrogens is 3. The Hall–Kier alpha value is -3.98.